The van der Waals surface area contributed by atoms with Crippen molar-refractivity contribution in [1.82, 2.24) is 19.1 Å². The SMILES string of the molecule is O=[N+]([O-])c1cccc2c1ncn2CCCn1ccnc1. The smallest absolute Gasteiger partial charge is 0.297 e. The summed E-state index contributed by atoms with van der Waals surface area (Å²) in [5.41, 5.74) is 1.29. The van der Waals surface area contributed by atoms with E-state index in [4.69, 9.17) is 0 Å². The number of hydrogen-bond acceptors (Lipinski definition) is 4. The first-order chi connectivity index (χ1) is 9.75. The van der Waals surface area contributed by atoms with Gasteiger partial charge in [0.05, 0.1) is 23.1 Å². The highest BCUT2D eigenvalue weighted by Crippen LogP contribution is 2.23. The van der Waals surface area contributed by atoms with Crippen molar-refractivity contribution in [3.63, 3.8) is 0 Å². The highest BCUT2D eigenvalue weighted by atomic mass is 16.6. The Hall–Kier alpha value is -2.70. The summed E-state index contributed by atoms with van der Waals surface area (Å²) in [6, 6.07) is 5.02. The predicted molar refractivity (Wildman–Crippen MR) is 73.2 cm³/mol. The molecule has 0 aliphatic heterocycles. The van der Waals surface area contributed by atoms with Crippen molar-refractivity contribution < 1.29 is 4.92 Å². The Balaban J connectivity index is 1.79. The van der Waals surface area contributed by atoms with Gasteiger partial charge in [0, 0.05) is 31.5 Å². The number of nitro groups is 1. The maximum absolute atomic E-state index is 10.9. The molecule has 0 amide bonds. The maximum atomic E-state index is 10.9. The van der Waals surface area contributed by atoms with Gasteiger partial charge in [0.15, 0.2) is 5.52 Å². The minimum Gasteiger partial charge on any atom is -0.337 e. The predicted octanol–water partition coefficient (Wildman–Crippen LogP) is 2.23. The molecule has 0 spiro atoms. The molecule has 0 bridgehead atoms. The first kappa shape index (κ1) is 12.3. The number of aryl methyl sites for hydroxylation is 2. The number of nitrogens with zero attached hydrogens (tertiary/aromatic N) is 5. The summed E-state index contributed by atoms with van der Waals surface area (Å²) in [5.74, 6) is 0. The third-order valence-corrected chi connectivity index (χ3v) is 3.20. The Morgan fingerprint density at radius 1 is 1.25 bits per heavy atom. The number of aromatic nitrogens is 4. The van der Waals surface area contributed by atoms with E-state index in [0.717, 1.165) is 25.0 Å². The zero-order valence-corrected chi connectivity index (χ0v) is 10.7. The highest BCUT2D eigenvalue weighted by molar-refractivity contribution is 5.84. The van der Waals surface area contributed by atoms with E-state index in [1.54, 1.807) is 24.9 Å². The summed E-state index contributed by atoms with van der Waals surface area (Å²) in [7, 11) is 0. The van der Waals surface area contributed by atoms with Crippen molar-refractivity contribution in [2.24, 2.45) is 0 Å². The molecule has 102 valence electrons. The molecule has 0 N–H and O–H groups in total. The number of fused-ring (bicyclic) bond motifs is 1. The van der Waals surface area contributed by atoms with Crippen LogP contribution in [-0.4, -0.2) is 24.0 Å². The quantitative estimate of drug-likeness (QED) is 0.526. The van der Waals surface area contributed by atoms with Crippen LogP contribution in [0.2, 0.25) is 0 Å². The topological polar surface area (TPSA) is 78.8 Å². The molecule has 0 radical (unpaired) electrons. The molecule has 0 aliphatic rings. The standard InChI is InChI=1S/C13H13N5O2/c19-18(20)12-4-1-3-11-13(12)15-10-17(11)7-2-6-16-8-5-14-9-16/h1,3-5,8-10H,2,6-7H2. The lowest BCUT2D eigenvalue weighted by Gasteiger charge is -2.05. The monoisotopic (exact) mass is 271 g/mol. The van der Waals surface area contributed by atoms with Crippen molar-refractivity contribution in [3.8, 4) is 0 Å². The third-order valence-electron chi connectivity index (χ3n) is 3.20. The molecule has 0 aliphatic carbocycles. The van der Waals surface area contributed by atoms with E-state index < -0.39 is 4.92 Å². The van der Waals surface area contributed by atoms with E-state index in [1.165, 1.54) is 6.07 Å². The van der Waals surface area contributed by atoms with Crippen molar-refractivity contribution in [2.75, 3.05) is 0 Å². The lowest BCUT2D eigenvalue weighted by Crippen LogP contribution is -2.01. The zero-order chi connectivity index (χ0) is 13.9. The average Bonchev–Trinajstić information content (AvgIpc) is 3.08. The summed E-state index contributed by atoms with van der Waals surface area (Å²) in [6.07, 6.45) is 8.00. The van der Waals surface area contributed by atoms with Crippen molar-refractivity contribution in [2.45, 2.75) is 19.5 Å². The summed E-state index contributed by atoms with van der Waals surface area (Å²) < 4.78 is 3.95. The first-order valence-corrected chi connectivity index (χ1v) is 6.29. The fraction of sp³-hybridized carbons (Fsp3) is 0.231. The molecule has 0 fully saturated rings. The normalized spacial score (nSPS) is 11.0. The molecule has 2 heterocycles. The van der Waals surface area contributed by atoms with Crippen LogP contribution < -0.4 is 0 Å². The van der Waals surface area contributed by atoms with Gasteiger partial charge >= 0.3 is 0 Å². The van der Waals surface area contributed by atoms with Crippen LogP contribution in [0, 0.1) is 10.1 Å². The maximum Gasteiger partial charge on any atom is 0.297 e. The molecule has 7 heteroatoms. The largest absolute Gasteiger partial charge is 0.337 e. The molecule has 20 heavy (non-hydrogen) atoms. The second-order valence-electron chi connectivity index (χ2n) is 4.49. The molecular formula is C13H13N5O2. The van der Waals surface area contributed by atoms with Gasteiger partial charge in [0.2, 0.25) is 0 Å². The van der Waals surface area contributed by atoms with Crippen molar-refractivity contribution in [3.05, 3.63) is 53.4 Å². The van der Waals surface area contributed by atoms with Crippen molar-refractivity contribution >= 4 is 16.7 Å². The molecular weight excluding hydrogens is 258 g/mol. The Labute approximate surface area is 114 Å². The number of rotatable bonds is 5. The highest BCUT2D eigenvalue weighted by Gasteiger charge is 2.14. The number of para-hydroxylation sites is 1. The van der Waals surface area contributed by atoms with E-state index in [0.29, 0.717) is 5.52 Å². The van der Waals surface area contributed by atoms with E-state index in [-0.39, 0.29) is 5.69 Å². The Morgan fingerprint density at radius 3 is 2.90 bits per heavy atom. The second kappa shape index (κ2) is 5.12. The minimum absolute atomic E-state index is 0.0517. The lowest BCUT2D eigenvalue weighted by atomic mass is 10.2. The van der Waals surface area contributed by atoms with Gasteiger partial charge in [-0.15, -0.1) is 0 Å². The Morgan fingerprint density at radius 2 is 2.15 bits per heavy atom. The van der Waals surface area contributed by atoms with E-state index in [9.17, 15) is 10.1 Å². The number of non-ortho nitro benzene ring substituents is 1. The summed E-state index contributed by atoms with van der Waals surface area (Å²) in [4.78, 5) is 18.7. The van der Waals surface area contributed by atoms with Gasteiger partial charge < -0.3 is 9.13 Å². The fourth-order valence-electron chi connectivity index (χ4n) is 2.24. The zero-order valence-electron chi connectivity index (χ0n) is 10.7. The first-order valence-electron chi connectivity index (χ1n) is 6.29. The van der Waals surface area contributed by atoms with Crippen LogP contribution in [0.1, 0.15) is 6.42 Å². The van der Waals surface area contributed by atoms with Gasteiger partial charge in [-0.1, -0.05) is 6.07 Å². The summed E-state index contributed by atoms with van der Waals surface area (Å²) in [6.45, 7) is 1.62. The molecule has 3 rings (SSSR count). The van der Waals surface area contributed by atoms with Gasteiger partial charge in [-0.2, -0.15) is 0 Å². The van der Waals surface area contributed by atoms with Gasteiger partial charge in [0.25, 0.3) is 5.69 Å². The Kier molecular flexibility index (Phi) is 3.16. The third kappa shape index (κ3) is 2.25. The number of nitro benzene ring substituents is 1. The molecule has 0 saturated heterocycles. The average molecular weight is 271 g/mol. The van der Waals surface area contributed by atoms with Crippen LogP contribution in [0.15, 0.2) is 43.2 Å². The van der Waals surface area contributed by atoms with Crippen LogP contribution >= 0.6 is 0 Å². The van der Waals surface area contributed by atoms with Crippen LogP contribution in [0.4, 0.5) is 5.69 Å². The van der Waals surface area contributed by atoms with E-state index >= 15 is 0 Å². The number of benzene rings is 1. The molecule has 3 aromatic rings. The van der Waals surface area contributed by atoms with Crippen LogP contribution in [0.3, 0.4) is 0 Å². The molecule has 0 unspecified atom stereocenters. The van der Waals surface area contributed by atoms with Gasteiger partial charge in [-0.25, -0.2) is 9.97 Å². The van der Waals surface area contributed by atoms with Gasteiger partial charge in [-0.05, 0) is 12.5 Å². The van der Waals surface area contributed by atoms with Gasteiger partial charge in [0.1, 0.15) is 0 Å². The van der Waals surface area contributed by atoms with E-state index in [2.05, 4.69) is 9.97 Å². The molecule has 7 nitrogen and oxygen atoms in total. The fourth-order valence-corrected chi connectivity index (χ4v) is 2.24. The number of hydrogen-bond donors (Lipinski definition) is 0. The van der Waals surface area contributed by atoms with Crippen molar-refractivity contribution in [1.29, 1.82) is 0 Å². The number of imidazole rings is 2. The molecule has 2 aromatic heterocycles. The summed E-state index contributed by atoms with van der Waals surface area (Å²) >= 11 is 0. The lowest BCUT2D eigenvalue weighted by molar-refractivity contribution is -0.383. The summed E-state index contributed by atoms with van der Waals surface area (Å²) in [5, 5.41) is 10.9. The van der Waals surface area contributed by atoms with Crippen LogP contribution in [0.5, 0.6) is 0 Å². The second-order valence-corrected chi connectivity index (χ2v) is 4.49. The van der Waals surface area contributed by atoms with E-state index in [1.807, 2.05) is 21.4 Å². The Bertz CT molecular complexity index is 732. The van der Waals surface area contributed by atoms with Crippen LogP contribution in [0.25, 0.3) is 11.0 Å². The molecule has 1 aromatic carbocycles. The molecule has 0 saturated carbocycles. The van der Waals surface area contributed by atoms with Gasteiger partial charge in [-0.3, -0.25) is 10.1 Å². The minimum atomic E-state index is -0.398. The molecule has 0 atom stereocenters. The van der Waals surface area contributed by atoms with Crippen LogP contribution in [-0.2, 0) is 13.1 Å².